The molecule has 2 aromatic rings. The molecule has 0 radical (unpaired) electrons. The van der Waals surface area contributed by atoms with Crippen molar-refractivity contribution in [2.24, 2.45) is 0 Å². The average molecular weight is 350 g/mol. The molecule has 22 heavy (non-hydrogen) atoms. The maximum Gasteiger partial charge on any atom is 0.416 e. The van der Waals surface area contributed by atoms with Crippen molar-refractivity contribution in [2.45, 2.75) is 18.0 Å². The van der Waals surface area contributed by atoms with Crippen LogP contribution in [0.5, 0.6) is 0 Å². The van der Waals surface area contributed by atoms with E-state index in [1.54, 1.807) is 19.1 Å². The average Bonchev–Trinajstić information content (AvgIpc) is 2.41. The summed E-state index contributed by atoms with van der Waals surface area (Å²) in [7, 11) is -4.01. The fourth-order valence-electron chi connectivity index (χ4n) is 1.73. The number of hydrogen-bond acceptors (Lipinski definition) is 2. The molecule has 2 rings (SSSR count). The largest absolute Gasteiger partial charge is 0.416 e. The zero-order valence-corrected chi connectivity index (χ0v) is 12.9. The Hall–Kier alpha value is -1.73. The third-order valence-corrected chi connectivity index (χ3v) is 4.55. The summed E-state index contributed by atoms with van der Waals surface area (Å²) in [6.45, 7) is 1.79. The minimum Gasteiger partial charge on any atom is -0.278 e. The van der Waals surface area contributed by atoms with Crippen LogP contribution in [-0.2, 0) is 16.2 Å². The fraction of sp³-hybridized carbons (Fsp3) is 0.143. The Morgan fingerprint density at radius 2 is 1.64 bits per heavy atom. The van der Waals surface area contributed by atoms with Gasteiger partial charge in [-0.3, -0.25) is 4.72 Å². The molecule has 0 aliphatic rings. The van der Waals surface area contributed by atoms with E-state index >= 15 is 0 Å². The van der Waals surface area contributed by atoms with E-state index in [-0.39, 0.29) is 15.6 Å². The van der Waals surface area contributed by atoms with Crippen molar-refractivity contribution in [3.8, 4) is 0 Å². The van der Waals surface area contributed by atoms with Crippen molar-refractivity contribution in [1.29, 1.82) is 0 Å². The smallest absolute Gasteiger partial charge is 0.278 e. The SMILES string of the molecule is Cc1ccc(NS(=O)(=O)c2ccc(C(F)(F)F)cc2)c(Cl)c1. The summed E-state index contributed by atoms with van der Waals surface area (Å²) >= 11 is 5.93. The number of nitrogens with one attached hydrogen (secondary N) is 1. The standard InChI is InChI=1S/C14H11ClF3NO2S/c1-9-2-7-13(12(15)8-9)19-22(20,21)11-5-3-10(4-6-11)14(16,17)18/h2-8,19H,1H3. The number of alkyl halides is 3. The predicted molar refractivity (Wildman–Crippen MR) is 78.4 cm³/mol. The highest BCUT2D eigenvalue weighted by Crippen LogP contribution is 2.30. The van der Waals surface area contributed by atoms with Gasteiger partial charge in [0.2, 0.25) is 0 Å². The van der Waals surface area contributed by atoms with Crippen LogP contribution in [0.1, 0.15) is 11.1 Å². The first-order valence-corrected chi connectivity index (χ1v) is 7.92. The van der Waals surface area contributed by atoms with Crippen LogP contribution in [-0.4, -0.2) is 8.42 Å². The number of benzene rings is 2. The zero-order valence-electron chi connectivity index (χ0n) is 11.3. The molecule has 2 aromatic carbocycles. The van der Waals surface area contributed by atoms with Gasteiger partial charge in [-0.15, -0.1) is 0 Å². The number of rotatable bonds is 3. The summed E-state index contributed by atoms with van der Waals surface area (Å²) in [5, 5.41) is 0.204. The molecule has 0 fully saturated rings. The summed E-state index contributed by atoms with van der Waals surface area (Å²) in [5.41, 5.74) is 0.0921. The van der Waals surface area contributed by atoms with Crippen LogP contribution in [0.25, 0.3) is 0 Å². The Morgan fingerprint density at radius 1 is 1.05 bits per heavy atom. The van der Waals surface area contributed by atoms with E-state index in [1.807, 2.05) is 0 Å². The Labute approximate surface area is 130 Å². The van der Waals surface area contributed by atoms with Crippen LogP contribution in [0.15, 0.2) is 47.4 Å². The van der Waals surface area contributed by atoms with Crippen LogP contribution < -0.4 is 4.72 Å². The second-order valence-electron chi connectivity index (χ2n) is 4.61. The maximum absolute atomic E-state index is 12.5. The highest BCUT2D eigenvalue weighted by Gasteiger charge is 2.30. The molecule has 8 heteroatoms. The molecule has 0 aromatic heterocycles. The quantitative estimate of drug-likeness (QED) is 0.888. The Balaban J connectivity index is 2.31. The Kier molecular flexibility index (Phi) is 4.39. The lowest BCUT2D eigenvalue weighted by Gasteiger charge is -2.11. The van der Waals surface area contributed by atoms with E-state index in [4.69, 9.17) is 11.6 Å². The first-order valence-electron chi connectivity index (χ1n) is 6.06. The number of sulfonamides is 1. The van der Waals surface area contributed by atoms with Gasteiger partial charge in [-0.05, 0) is 48.9 Å². The van der Waals surface area contributed by atoms with Gasteiger partial charge in [-0.2, -0.15) is 13.2 Å². The number of aryl methyl sites for hydroxylation is 1. The molecule has 0 bridgehead atoms. The topological polar surface area (TPSA) is 46.2 Å². The predicted octanol–water partition coefficient (Wildman–Crippen LogP) is 4.47. The molecule has 0 saturated carbocycles. The normalized spacial score (nSPS) is 12.2. The molecule has 0 aliphatic carbocycles. The van der Waals surface area contributed by atoms with Crippen molar-refractivity contribution in [2.75, 3.05) is 4.72 Å². The summed E-state index contributed by atoms with van der Waals surface area (Å²) < 4.78 is 64.0. The summed E-state index contributed by atoms with van der Waals surface area (Å²) in [4.78, 5) is -0.280. The molecule has 0 saturated heterocycles. The van der Waals surface area contributed by atoms with Crippen molar-refractivity contribution in [3.63, 3.8) is 0 Å². The van der Waals surface area contributed by atoms with Crippen LogP contribution in [0, 0.1) is 6.92 Å². The van der Waals surface area contributed by atoms with Crippen molar-refractivity contribution in [1.82, 2.24) is 0 Å². The molecule has 1 N–H and O–H groups in total. The van der Waals surface area contributed by atoms with Crippen molar-refractivity contribution >= 4 is 27.3 Å². The van der Waals surface area contributed by atoms with E-state index in [0.29, 0.717) is 12.1 Å². The number of halogens is 4. The maximum atomic E-state index is 12.5. The molecule has 0 aliphatic heterocycles. The molecule has 118 valence electrons. The van der Waals surface area contributed by atoms with Crippen LogP contribution >= 0.6 is 11.6 Å². The first-order chi connectivity index (χ1) is 10.1. The molecule has 0 atom stereocenters. The van der Waals surface area contributed by atoms with Gasteiger partial charge >= 0.3 is 6.18 Å². The number of anilines is 1. The Bertz CT molecular complexity index is 787. The van der Waals surface area contributed by atoms with E-state index in [9.17, 15) is 21.6 Å². The third kappa shape index (κ3) is 3.72. The van der Waals surface area contributed by atoms with Gasteiger partial charge in [0, 0.05) is 0 Å². The van der Waals surface area contributed by atoms with Crippen LogP contribution in [0.2, 0.25) is 5.02 Å². The summed E-state index contributed by atoms with van der Waals surface area (Å²) in [6, 6.07) is 7.94. The Morgan fingerprint density at radius 3 is 2.14 bits per heavy atom. The van der Waals surface area contributed by atoms with Gasteiger partial charge in [-0.1, -0.05) is 17.7 Å². The lowest BCUT2D eigenvalue weighted by atomic mass is 10.2. The van der Waals surface area contributed by atoms with E-state index in [2.05, 4.69) is 4.72 Å². The van der Waals surface area contributed by atoms with Gasteiger partial charge in [0.1, 0.15) is 0 Å². The molecule has 0 heterocycles. The van der Waals surface area contributed by atoms with Gasteiger partial charge in [-0.25, -0.2) is 8.42 Å². The van der Waals surface area contributed by atoms with Gasteiger partial charge in [0.05, 0.1) is 21.2 Å². The number of hydrogen-bond donors (Lipinski definition) is 1. The fourth-order valence-corrected chi connectivity index (χ4v) is 3.15. The second kappa shape index (κ2) is 5.81. The molecular formula is C14H11ClF3NO2S. The van der Waals surface area contributed by atoms with E-state index < -0.39 is 21.8 Å². The first kappa shape index (κ1) is 16.6. The molecule has 3 nitrogen and oxygen atoms in total. The van der Waals surface area contributed by atoms with Crippen molar-refractivity contribution in [3.05, 3.63) is 58.6 Å². The highest BCUT2D eigenvalue weighted by molar-refractivity contribution is 7.92. The van der Waals surface area contributed by atoms with E-state index in [1.165, 1.54) is 6.07 Å². The summed E-state index contributed by atoms with van der Waals surface area (Å²) in [6.07, 6.45) is -4.52. The second-order valence-corrected chi connectivity index (χ2v) is 6.70. The molecule has 0 amide bonds. The minimum atomic E-state index is -4.52. The molecular weight excluding hydrogens is 339 g/mol. The minimum absolute atomic E-state index is 0.159. The van der Waals surface area contributed by atoms with Crippen LogP contribution in [0.3, 0.4) is 0 Å². The third-order valence-electron chi connectivity index (χ3n) is 2.86. The lowest BCUT2D eigenvalue weighted by Crippen LogP contribution is -2.14. The van der Waals surface area contributed by atoms with Crippen molar-refractivity contribution < 1.29 is 21.6 Å². The van der Waals surface area contributed by atoms with Gasteiger partial charge in [0.25, 0.3) is 10.0 Å². The van der Waals surface area contributed by atoms with Gasteiger partial charge in [0.15, 0.2) is 0 Å². The molecule has 0 unspecified atom stereocenters. The zero-order chi connectivity index (χ0) is 16.5. The highest BCUT2D eigenvalue weighted by atomic mass is 35.5. The lowest BCUT2D eigenvalue weighted by molar-refractivity contribution is -0.137. The molecule has 0 spiro atoms. The summed E-state index contributed by atoms with van der Waals surface area (Å²) in [5.74, 6) is 0. The van der Waals surface area contributed by atoms with Crippen LogP contribution in [0.4, 0.5) is 18.9 Å². The van der Waals surface area contributed by atoms with Gasteiger partial charge < -0.3 is 0 Å². The van der Waals surface area contributed by atoms with E-state index in [0.717, 1.165) is 17.7 Å². The monoisotopic (exact) mass is 349 g/mol.